The number of carbonyl (C=O) groups excluding carboxylic acids is 1. The number of amides is 2. The Labute approximate surface area is 196 Å². The van der Waals surface area contributed by atoms with Gasteiger partial charge in [-0.25, -0.2) is 9.18 Å². The summed E-state index contributed by atoms with van der Waals surface area (Å²) in [5.74, 6) is -1.47. The van der Waals surface area contributed by atoms with E-state index in [2.05, 4.69) is 21.4 Å². The fourth-order valence-corrected chi connectivity index (χ4v) is 5.13. The summed E-state index contributed by atoms with van der Waals surface area (Å²) in [5, 5.41) is 27.5. The fraction of sp³-hybridized carbons (Fsp3) is 0.478. The highest BCUT2D eigenvalue weighted by molar-refractivity contribution is 5.98. The first-order valence-electron chi connectivity index (χ1n) is 11.3. The molecule has 4 N–H and O–H groups in total. The quantitative estimate of drug-likeness (QED) is 0.611. The summed E-state index contributed by atoms with van der Waals surface area (Å²) in [6.45, 7) is 1.95. The predicted molar refractivity (Wildman–Crippen MR) is 122 cm³/mol. The number of aromatic nitrogens is 2. The highest BCUT2D eigenvalue weighted by Gasteiger charge is 2.46. The molecule has 0 spiro atoms. The van der Waals surface area contributed by atoms with Crippen LogP contribution in [0.5, 0.6) is 0 Å². The van der Waals surface area contributed by atoms with Crippen molar-refractivity contribution in [1.29, 1.82) is 5.26 Å². The number of carboxylic acid groups (broad SMARTS) is 1. The molecule has 0 bridgehead atoms. The smallest absolute Gasteiger partial charge is 0.407 e. The van der Waals surface area contributed by atoms with Crippen LogP contribution >= 0.6 is 0 Å². The number of hydrogen-bond acceptors (Lipinski definition) is 6. The van der Waals surface area contributed by atoms with Crippen molar-refractivity contribution in [3.63, 3.8) is 0 Å². The van der Waals surface area contributed by atoms with Gasteiger partial charge in [-0.05, 0) is 69.6 Å². The van der Waals surface area contributed by atoms with E-state index in [1.54, 1.807) is 4.68 Å². The Balaban J connectivity index is 1.66. The van der Waals surface area contributed by atoms with Gasteiger partial charge in [0.05, 0.1) is 24.1 Å². The number of nitriles is 1. The molecule has 1 aromatic carbocycles. The van der Waals surface area contributed by atoms with Gasteiger partial charge < -0.3 is 26.0 Å². The van der Waals surface area contributed by atoms with Crippen LogP contribution in [-0.2, 0) is 0 Å². The zero-order valence-electron chi connectivity index (χ0n) is 18.9. The third kappa shape index (κ3) is 4.68. The largest absolute Gasteiger partial charge is 0.465 e. The number of hydrogen-bond donors (Lipinski definition) is 3. The number of carbonyl (C=O) groups is 2. The lowest BCUT2D eigenvalue weighted by Gasteiger charge is -2.46. The molecule has 2 fully saturated rings. The Morgan fingerprint density at radius 3 is 2.47 bits per heavy atom. The standard InChI is InChI=1S/C23H28FN7O3/c1-29-9-6-14(7-10-29)20-17(12-25)19(8-11-30(20)23(33)34)31-13-18(21(26)32)22(28-31)27-16-4-2-15(24)3-5-16/h2-5,13-14,17,19-20H,6-11H2,1H3,(H2,26,32)(H,27,28)(H,33,34)/t17-,19+,20?/m1/s1. The second-order valence-corrected chi connectivity index (χ2v) is 8.99. The van der Waals surface area contributed by atoms with Crippen molar-refractivity contribution in [3.05, 3.63) is 41.8 Å². The van der Waals surface area contributed by atoms with Crippen LogP contribution in [-0.4, -0.2) is 69.4 Å². The number of nitrogens with zero attached hydrogens (tertiary/aromatic N) is 5. The second-order valence-electron chi connectivity index (χ2n) is 8.99. The molecule has 0 saturated carbocycles. The molecule has 180 valence electrons. The second kappa shape index (κ2) is 9.69. The minimum Gasteiger partial charge on any atom is -0.465 e. The summed E-state index contributed by atoms with van der Waals surface area (Å²) in [7, 11) is 2.03. The van der Waals surface area contributed by atoms with Crippen LogP contribution in [0.1, 0.15) is 35.7 Å². The van der Waals surface area contributed by atoms with Gasteiger partial charge in [-0.1, -0.05) is 0 Å². The molecule has 34 heavy (non-hydrogen) atoms. The van der Waals surface area contributed by atoms with Crippen molar-refractivity contribution in [2.75, 3.05) is 32.0 Å². The monoisotopic (exact) mass is 469 g/mol. The zero-order chi connectivity index (χ0) is 24.4. The first-order valence-corrected chi connectivity index (χ1v) is 11.3. The van der Waals surface area contributed by atoms with E-state index in [0.29, 0.717) is 12.1 Å². The Morgan fingerprint density at radius 2 is 1.88 bits per heavy atom. The molecule has 0 radical (unpaired) electrons. The summed E-state index contributed by atoms with van der Waals surface area (Å²) < 4.78 is 14.8. The van der Waals surface area contributed by atoms with Crippen molar-refractivity contribution in [2.45, 2.75) is 31.3 Å². The van der Waals surface area contributed by atoms with Crippen LogP contribution in [0, 0.1) is 29.0 Å². The SMILES string of the molecule is CN1CCC(C2[C@H](C#N)[C@@H](n3cc(C(N)=O)c(Nc4ccc(F)cc4)n3)CCN2C(=O)O)CC1. The average Bonchev–Trinajstić information content (AvgIpc) is 3.24. The highest BCUT2D eigenvalue weighted by atomic mass is 19.1. The van der Waals surface area contributed by atoms with E-state index in [-0.39, 0.29) is 23.8 Å². The molecule has 3 atom stereocenters. The van der Waals surface area contributed by atoms with Gasteiger partial charge in [-0.3, -0.25) is 9.48 Å². The van der Waals surface area contributed by atoms with Crippen molar-refractivity contribution >= 4 is 23.5 Å². The number of piperidine rings is 2. The molecule has 0 aliphatic carbocycles. The molecule has 4 rings (SSSR count). The molecule has 11 heteroatoms. The number of rotatable bonds is 5. The first kappa shape index (κ1) is 23.5. The summed E-state index contributed by atoms with van der Waals surface area (Å²) in [6, 6.07) is 7.05. The van der Waals surface area contributed by atoms with Gasteiger partial charge in [-0.2, -0.15) is 10.4 Å². The van der Waals surface area contributed by atoms with Crippen LogP contribution in [0.15, 0.2) is 30.5 Å². The number of likely N-dealkylation sites (tertiary alicyclic amines) is 2. The van der Waals surface area contributed by atoms with E-state index >= 15 is 0 Å². The van der Waals surface area contributed by atoms with Crippen molar-refractivity contribution in [1.82, 2.24) is 19.6 Å². The minimum atomic E-state index is -1.03. The van der Waals surface area contributed by atoms with E-state index in [4.69, 9.17) is 5.73 Å². The van der Waals surface area contributed by atoms with Gasteiger partial charge in [0.2, 0.25) is 0 Å². The lowest BCUT2D eigenvalue weighted by atomic mass is 9.75. The van der Waals surface area contributed by atoms with Crippen LogP contribution in [0.2, 0.25) is 0 Å². The number of nitrogens with two attached hydrogens (primary N) is 1. The molecule has 3 heterocycles. The number of benzene rings is 1. The van der Waals surface area contributed by atoms with E-state index < -0.39 is 35.8 Å². The number of anilines is 2. The van der Waals surface area contributed by atoms with Crippen molar-refractivity contribution in [3.8, 4) is 6.07 Å². The molecular formula is C23H28FN7O3. The Bertz CT molecular complexity index is 1090. The van der Waals surface area contributed by atoms with Gasteiger partial charge >= 0.3 is 6.09 Å². The molecular weight excluding hydrogens is 441 g/mol. The maximum Gasteiger partial charge on any atom is 0.407 e. The Hall–Kier alpha value is -3.65. The van der Waals surface area contributed by atoms with Crippen LogP contribution in [0.4, 0.5) is 20.7 Å². The summed E-state index contributed by atoms with van der Waals surface area (Å²) in [4.78, 5) is 27.7. The lowest BCUT2D eigenvalue weighted by Crippen LogP contribution is -2.56. The third-order valence-electron chi connectivity index (χ3n) is 6.89. The van der Waals surface area contributed by atoms with Crippen molar-refractivity contribution in [2.24, 2.45) is 17.6 Å². The van der Waals surface area contributed by atoms with Crippen LogP contribution in [0.25, 0.3) is 0 Å². The van der Waals surface area contributed by atoms with Crippen LogP contribution < -0.4 is 11.1 Å². The number of primary amides is 1. The molecule has 1 unspecified atom stereocenters. The molecule has 10 nitrogen and oxygen atoms in total. The first-order chi connectivity index (χ1) is 16.3. The summed E-state index contributed by atoms with van der Waals surface area (Å²) >= 11 is 0. The maximum atomic E-state index is 13.3. The molecule has 2 amide bonds. The fourth-order valence-electron chi connectivity index (χ4n) is 5.13. The Kier molecular flexibility index (Phi) is 6.70. The predicted octanol–water partition coefficient (Wildman–Crippen LogP) is 2.64. The van der Waals surface area contributed by atoms with Gasteiger partial charge in [0.1, 0.15) is 11.4 Å². The maximum absolute atomic E-state index is 13.3. The van der Waals surface area contributed by atoms with E-state index in [9.17, 15) is 24.3 Å². The number of nitrogens with one attached hydrogen (secondary N) is 1. The van der Waals surface area contributed by atoms with Gasteiger partial charge in [-0.15, -0.1) is 0 Å². The molecule has 2 aliphatic heterocycles. The normalized spacial score (nSPS) is 23.9. The topological polar surface area (TPSA) is 141 Å². The molecule has 2 aliphatic rings. The van der Waals surface area contributed by atoms with Gasteiger partial charge in [0.25, 0.3) is 5.91 Å². The Morgan fingerprint density at radius 1 is 1.21 bits per heavy atom. The molecule has 1 aromatic heterocycles. The average molecular weight is 470 g/mol. The van der Waals surface area contributed by atoms with E-state index in [1.807, 2.05) is 7.05 Å². The van der Waals surface area contributed by atoms with E-state index in [1.165, 1.54) is 35.4 Å². The number of halogens is 1. The van der Waals surface area contributed by atoms with E-state index in [0.717, 1.165) is 25.9 Å². The zero-order valence-corrected chi connectivity index (χ0v) is 18.9. The van der Waals surface area contributed by atoms with Gasteiger partial charge in [0, 0.05) is 18.4 Å². The highest BCUT2D eigenvalue weighted by Crippen LogP contribution is 2.40. The van der Waals surface area contributed by atoms with Crippen molar-refractivity contribution < 1.29 is 19.1 Å². The van der Waals surface area contributed by atoms with Crippen LogP contribution in [0.3, 0.4) is 0 Å². The minimum absolute atomic E-state index is 0.0581. The van der Waals surface area contributed by atoms with Gasteiger partial charge in [0.15, 0.2) is 5.82 Å². The summed E-state index contributed by atoms with van der Waals surface area (Å²) in [6.07, 6.45) is 2.46. The third-order valence-corrected chi connectivity index (χ3v) is 6.89. The summed E-state index contributed by atoms with van der Waals surface area (Å²) in [5.41, 5.74) is 6.23. The lowest BCUT2D eigenvalue weighted by molar-refractivity contribution is 0.0217. The molecule has 2 aromatic rings. The molecule has 2 saturated heterocycles.